The largest absolute Gasteiger partial charge is 0.380 e. The van der Waals surface area contributed by atoms with Crippen molar-refractivity contribution in [1.82, 2.24) is 0 Å². The highest BCUT2D eigenvalue weighted by Crippen LogP contribution is 2.32. The summed E-state index contributed by atoms with van der Waals surface area (Å²) in [6.45, 7) is 0. The molecule has 12 heteroatoms. The highest BCUT2D eigenvalue weighted by atomic mass is 79.9. The molecule has 8 nitrogen and oxygen atoms in total. The van der Waals surface area contributed by atoms with Gasteiger partial charge in [-0.05, 0) is 18.2 Å². The third-order valence-corrected chi connectivity index (χ3v) is 5.28. The molecule has 0 spiro atoms. The van der Waals surface area contributed by atoms with Crippen molar-refractivity contribution < 1.29 is 32.0 Å². The van der Waals surface area contributed by atoms with Crippen LogP contribution in [0, 0.1) is 0 Å². The van der Waals surface area contributed by atoms with E-state index in [1.807, 2.05) is 0 Å². The van der Waals surface area contributed by atoms with Crippen LogP contribution in [0.15, 0.2) is 23.1 Å². The number of carbonyl (C=O) groups is 1. The van der Waals surface area contributed by atoms with Gasteiger partial charge in [-0.2, -0.15) is 8.42 Å². The Kier molecular flexibility index (Phi) is 9.43. The second-order valence-corrected chi connectivity index (χ2v) is 7.96. The third-order valence-electron chi connectivity index (χ3n) is 2.25. The fraction of sp³-hybridized carbons (Fsp3) is 0.364. The van der Waals surface area contributed by atoms with E-state index in [0.29, 0.717) is 22.3 Å². The second-order valence-electron chi connectivity index (χ2n) is 3.91. The fourth-order valence-electron chi connectivity index (χ4n) is 1.36. The lowest BCUT2D eigenvalue weighted by molar-refractivity contribution is -0.432. The topological polar surface area (TPSA) is 111 Å². The van der Waals surface area contributed by atoms with E-state index in [9.17, 15) is 13.2 Å². The van der Waals surface area contributed by atoms with E-state index in [1.165, 1.54) is 18.2 Å². The number of anilines is 1. The van der Waals surface area contributed by atoms with Gasteiger partial charge in [0, 0.05) is 22.0 Å². The summed E-state index contributed by atoms with van der Waals surface area (Å²) in [7, 11) is -3.80. The molecule has 1 aromatic rings. The van der Waals surface area contributed by atoms with E-state index in [4.69, 9.17) is 9.44 Å². The van der Waals surface area contributed by atoms with Crippen molar-refractivity contribution in [3.05, 3.63) is 18.2 Å². The Bertz CT molecular complexity index is 627. The summed E-state index contributed by atoms with van der Waals surface area (Å²) < 4.78 is 32.8. The van der Waals surface area contributed by atoms with Crippen molar-refractivity contribution >= 4 is 65.6 Å². The number of hydrogen-bond donors (Lipinski definition) is 2. The van der Waals surface area contributed by atoms with Crippen molar-refractivity contribution in [2.24, 2.45) is 0 Å². The summed E-state index contributed by atoms with van der Waals surface area (Å²) in [5.41, 5.74) is 0.153. The maximum atomic E-state index is 11.8. The molecule has 23 heavy (non-hydrogen) atoms. The Labute approximate surface area is 154 Å². The molecular weight excluding hydrogens is 482 g/mol. The van der Waals surface area contributed by atoms with Gasteiger partial charge < -0.3 is 9.50 Å². The molecule has 0 aliphatic rings. The zero-order valence-corrected chi connectivity index (χ0v) is 16.3. The molecule has 0 saturated heterocycles. The standard InChI is InChI=1S/C11H13Br2NO7S2/c12-4-3-11(15)14-9-7-8(22-21-20-16)1-2-10(9)19-23(17,18)6-5-13/h1-2,7,16H,3-6H2,(H,14,15). The molecule has 1 amide bonds. The predicted molar refractivity (Wildman–Crippen MR) is 92.3 cm³/mol. The van der Waals surface area contributed by atoms with Crippen molar-refractivity contribution in [3.8, 4) is 5.75 Å². The van der Waals surface area contributed by atoms with Crippen molar-refractivity contribution in [2.75, 3.05) is 21.7 Å². The van der Waals surface area contributed by atoms with Gasteiger partial charge in [0.1, 0.15) is 0 Å². The van der Waals surface area contributed by atoms with Crippen LogP contribution in [0.5, 0.6) is 5.75 Å². The molecule has 0 radical (unpaired) electrons. The lowest BCUT2D eigenvalue weighted by atomic mass is 10.3. The Balaban J connectivity index is 3.04. The molecule has 1 aromatic carbocycles. The molecule has 0 aliphatic carbocycles. The summed E-state index contributed by atoms with van der Waals surface area (Å²) in [4.78, 5) is 12.2. The highest BCUT2D eigenvalue weighted by Gasteiger charge is 2.17. The van der Waals surface area contributed by atoms with Crippen LogP contribution in [0.1, 0.15) is 6.42 Å². The van der Waals surface area contributed by atoms with Crippen LogP contribution < -0.4 is 9.50 Å². The minimum Gasteiger partial charge on any atom is -0.380 e. The maximum Gasteiger partial charge on any atom is 0.310 e. The Morgan fingerprint density at radius 3 is 2.65 bits per heavy atom. The number of amides is 1. The van der Waals surface area contributed by atoms with Crippen LogP contribution in [0.25, 0.3) is 0 Å². The van der Waals surface area contributed by atoms with E-state index < -0.39 is 10.1 Å². The van der Waals surface area contributed by atoms with E-state index in [-0.39, 0.29) is 34.8 Å². The smallest absolute Gasteiger partial charge is 0.310 e. The molecule has 130 valence electrons. The number of benzene rings is 1. The Hall–Kier alpha value is -0.370. The lowest BCUT2D eigenvalue weighted by Gasteiger charge is -2.13. The van der Waals surface area contributed by atoms with Crippen LogP contribution in [-0.4, -0.2) is 36.0 Å². The first kappa shape index (κ1) is 20.7. The second kappa shape index (κ2) is 10.5. The van der Waals surface area contributed by atoms with E-state index >= 15 is 0 Å². The van der Waals surface area contributed by atoms with Crippen LogP contribution >= 0.6 is 43.9 Å². The summed E-state index contributed by atoms with van der Waals surface area (Å²) in [6.07, 6.45) is 0.196. The van der Waals surface area contributed by atoms with Gasteiger partial charge in [-0.15, -0.1) is 4.33 Å². The molecule has 0 atom stereocenters. The molecular formula is C11H13Br2NO7S2. The number of halogens is 2. The molecule has 0 aliphatic heterocycles. The van der Waals surface area contributed by atoms with Crippen molar-refractivity contribution in [1.29, 1.82) is 0 Å². The molecule has 0 heterocycles. The van der Waals surface area contributed by atoms with Gasteiger partial charge in [0.15, 0.2) is 5.75 Å². The zero-order valence-electron chi connectivity index (χ0n) is 11.5. The van der Waals surface area contributed by atoms with Gasteiger partial charge in [-0.1, -0.05) is 36.9 Å². The number of alkyl halides is 2. The Morgan fingerprint density at radius 1 is 1.30 bits per heavy atom. The maximum absolute atomic E-state index is 11.8. The Morgan fingerprint density at radius 2 is 2.04 bits per heavy atom. The number of carbonyl (C=O) groups excluding carboxylic acids is 1. The van der Waals surface area contributed by atoms with Gasteiger partial charge in [0.2, 0.25) is 5.91 Å². The minimum atomic E-state index is -3.80. The van der Waals surface area contributed by atoms with E-state index in [2.05, 4.69) is 46.5 Å². The van der Waals surface area contributed by atoms with Crippen LogP contribution in [0.4, 0.5) is 5.69 Å². The van der Waals surface area contributed by atoms with Gasteiger partial charge >= 0.3 is 10.1 Å². The molecule has 0 unspecified atom stereocenters. The average Bonchev–Trinajstić information content (AvgIpc) is 2.47. The zero-order chi connectivity index (χ0) is 17.3. The average molecular weight is 495 g/mol. The number of nitrogens with one attached hydrogen (secondary N) is 1. The SMILES string of the molecule is O=C(CCBr)Nc1cc(SOOO)ccc1OS(=O)(=O)CCBr. The van der Waals surface area contributed by atoms with Crippen molar-refractivity contribution in [3.63, 3.8) is 0 Å². The highest BCUT2D eigenvalue weighted by molar-refractivity contribution is 9.09. The molecule has 0 fully saturated rings. The molecule has 0 aromatic heterocycles. The molecule has 2 N–H and O–H groups in total. The van der Waals surface area contributed by atoms with Crippen LogP contribution in [-0.2, 0) is 24.3 Å². The first-order valence-corrected chi connectivity index (χ1v) is 10.6. The van der Waals surface area contributed by atoms with E-state index in [0.717, 1.165) is 0 Å². The third kappa shape index (κ3) is 7.83. The monoisotopic (exact) mass is 493 g/mol. The molecule has 0 saturated carbocycles. The van der Waals surface area contributed by atoms with Crippen LogP contribution in [0.2, 0.25) is 0 Å². The van der Waals surface area contributed by atoms with E-state index in [1.54, 1.807) is 0 Å². The summed E-state index contributed by atoms with van der Waals surface area (Å²) in [5, 5.41) is 14.9. The van der Waals surface area contributed by atoms with Gasteiger partial charge in [-0.3, -0.25) is 4.79 Å². The summed E-state index contributed by atoms with van der Waals surface area (Å²) >= 11 is 6.83. The van der Waals surface area contributed by atoms with Crippen LogP contribution in [0.3, 0.4) is 0 Å². The first-order chi connectivity index (χ1) is 10.9. The molecule has 1 rings (SSSR count). The lowest BCUT2D eigenvalue weighted by Crippen LogP contribution is -2.17. The number of rotatable bonds is 10. The fourth-order valence-corrected chi connectivity index (χ4v) is 4.00. The number of hydrogen-bond acceptors (Lipinski definition) is 8. The van der Waals surface area contributed by atoms with Crippen molar-refractivity contribution in [2.45, 2.75) is 11.3 Å². The summed E-state index contributed by atoms with van der Waals surface area (Å²) in [5.74, 6) is -0.575. The molecule has 0 bridgehead atoms. The quantitative estimate of drug-likeness (QED) is 0.168. The van der Waals surface area contributed by atoms with Gasteiger partial charge in [0.25, 0.3) is 0 Å². The predicted octanol–water partition coefficient (Wildman–Crippen LogP) is 2.94. The summed E-state index contributed by atoms with van der Waals surface area (Å²) in [6, 6.07) is 4.26. The minimum absolute atomic E-state index is 0.0249. The first-order valence-electron chi connectivity index (χ1n) is 6.04. The normalized spacial score (nSPS) is 11.3. The van der Waals surface area contributed by atoms with Gasteiger partial charge in [-0.25, -0.2) is 5.26 Å². The van der Waals surface area contributed by atoms with Gasteiger partial charge in [0.05, 0.1) is 23.5 Å².